The van der Waals surface area contributed by atoms with Crippen molar-refractivity contribution < 1.29 is 4.79 Å². The monoisotopic (exact) mass is 324 g/mol. The molecule has 0 N–H and O–H groups in total. The van der Waals surface area contributed by atoms with Crippen LogP contribution in [0.5, 0.6) is 0 Å². The Morgan fingerprint density at radius 3 is 2.75 bits per heavy atom. The Bertz CT molecular complexity index is 724. The number of hydrogen-bond acceptors (Lipinski definition) is 3. The molecule has 5 nitrogen and oxygen atoms in total. The summed E-state index contributed by atoms with van der Waals surface area (Å²) >= 11 is 0. The van der Waals surface area contributed by atoms with Gasteiger partial charge in [0.25, 0.3) is 5.91 Å². The van der Waals surface area contributed by atoms with Crippen LogP contribution in [0.1, 0.15) is 35.3 Å². The molecule has 2 aliphatic heterocycles. The molecule has 2 aliphatic rings. The van der Waals surface area contributed by atoms with Crippen LogP contribution in [-0.4, -0.2) is 57.7 Å². The predicted octanol–water partition coefficient (Wildman–Crippen LogP) is 2.49. The van der Waals surface area contributed by atoms with Gasteiger partial charge < -0.3 is 4.90 Å². The molecular formula is C19H24N4O. The highest BCUT2D eigenvalue weighted by molar-refractivity contribution is 5.95. The number of para-hydroxylation sites is 1. The molecule has 2 fully saturated rings. The van der Waals surface area contributed by atoms with Crippen LogP contribution in [0.15, 0.2) is 36.5 Å². The molecule has 0 bridgehead atoms. The van der Waals surface area contributed by atoms with Gasteiger partial charge in [-0.25, -0.2) is 4.68 Å². The van der Waals surface area contributed by atoms with Crippen molar-refractivity contribution in [2.75, 3.05) is 26.2 Å². The molecule has 1 amide bonds. The lowest BCUT2D eigenvalue weighted by Crippen LogP contribution is -2.39. The van der Waals surface area contributed by atoms with Gasteiger partial charge in [-0.1, -0.05) is 18.2 Å². The summed E-state index contributed by atoms with van der Waals surface area (Å²) in [5, 5.41) is 4.55. The standard InChI is InChI=1S/C19H24N4O/c1-15-18(14-23(20-15)16-7-3-2-4-8-16)19(24)22-12-6-11-21-10-5-9-17(21)13-22/h2-4,7-8,14,17H,5-6,9-13H2,1H3/t17-/m0/s1. The van der Waals surface area contributed by atoms with Gasteiger partial charge in [-0.15, -0.1) is 0 Å². The Labute approximate surface area is 142 Å². The van der Waals surface area contributed by atoms with E-state index in [9.17, 15) is 4.79 Å². The molecule has 2 aromatic rings. The third-order valence-corrected chi connectivity index (χ3v) is 5.24. The minimum Gasteiger partial charge on any atom is -0.337 e. The Kier molecular flexibility index (Phi) is 4.10. The summed E-state index contributed by atoms with van der Waals surface area (Å²) in [6.45, 7) is 5.94. The molecule has 3 heterocycles. The number of rotatable bonds is 2. The van der Waals surface area contributed by atoms with Gasteiger partial charge in [0.15, 0.2) is 0 Å². The molecule has 126 valence electrons. The van der Waals surface area contributed by atoms with Crippen LogP contribution in [0.2, 0.25) is 0 Å². The van der Waals surface area contributed by atoms with Gasteiger partial charge in [0.1, 0.15) is 0 Å². The highest BCUT2D eigenvalue weighted by Gasteiger charge is 2.31. The van der Waals surface area contributed by atoms with E-state index in [1.165, 1.54) is 19.4 Å². The van der Waals surface area contributed by atoms with Crippen molar-refractivity contribution in [1.29, 1.82) is 0 Å². The summed E-state index contributed by atoms with van der Waals surface area (Å²) in [5.74, 6) is 0.128. The first-order chi connectivity index (χ1) is 11.7. The van der Waals surface area contributed by atoms with Crippen molar-refractivity contribution >= 4 is 5.91 Å². The Morgan fingerprint density at radius 1 is 1.12 bits per heavy atom. The molecule has 4 rings (SSSR count). The van der Waals surface area contributed by atoms with Crippen LogP contribution >= 0.6 is 0 Å². The molecule has 5 heteroatoms. The topological polar surface area (TPSA) is 41.4 Å². The van der Waals surface area contributed by atoms with E-state index in [1.54, 1.807) is 0 Å². The lowest BCUT2D eigenvalue weighted by Gasteiger charge is -2.25. The van der Waals surface area contributed by atoms with Crippen LogP contribution in [0.3, 0.4) is 0 Å². The third kappa shape index (κ3) is 2.84. The summed E-state index contributed by atoms with van der Waals surface area (Å²) in [6.07, 6.45) is 5.42. The van der Waals surface area contributed by atoms with Crippen molar-refractivity contribution in [2.24, 2.45) is 0 Å². The van der Waals surface area contributed by atoms with Gasteiger partial charge in [-0.2, -0.15) is 5.10 Å². The molecule has 0 saturated carbocycles. The molecule has 1 atom stereocenters. The van der Waals surface area contributed by atoms with E-state index in [0.29, 0.717) is 6.04 Å². The zero-order valence-corrected chi connectivity index (χ0v) is 14.2. The molecule has 0 spiro atoms. The van der Waals surface area contributed by atoms with Gasteiger partial charge in [-0.05, 0) is 44.9 Å². The van der Waals surface area contributed by atoms with Crippen molar-refractivity contribution in [3.63, 3.8) is 0 Å². The van der Waals surface area contributed by atoms with E-state index in [4.69, 9.17) is 0 Å². The fraction of sp³-hybridized carbons (Fsp3) is 0.474. The zero-order chi connectivity index (χ0) is 16.5. The lowest BCUT2D eigenvalue weighted by atomic mass is 10.2. The smallest absolute Gasteiger partial charge is 0.257 e. The summed E-state index contributed by atoms with van der Waals surface area (Å²) in [5.41, 5.74) is 2.51. The number of amides is 1. The third-order valence-electron chi connectivity index (χ3n) is 5.24. The van der Waals surface area contributed by atoms with Gasteiger partial charge >= 0.3 is 0 Å². The number of hydrogen-bond donors (Lipinski definition) is 0. The molecule has 1 aromatic carbocycles. The van der Waals surface area contributed by atoms with Crippen molar-refractivity contribution in [3.8, 4) is 5.69 Å². The van der Waals surface area contributed by atoms with Crippen LogP contribution in [0.25, 0.3) is 5.69 Å². The average molecular weight is 324 g/mol. The predicted molar refractivity (Wildman–Crippen MR) is 93.4 cm³/mol. The minimum atomic E-state index is 0.128. The molecule has 2 saturated heterocycles. The second kappa shape index (κ2) is 6.40. The van der Waals surface area contributed by atoms with E-state index < -0.39 is 0 Å². The van der Waals surface area contributed by atoms with Gasteiger partial charge in [0.2, 0.25) is 0 Å². The largest absolute Gasteiger partial charge is 0.337 e. The van der Waals surface area contributed by atoms with Gasteiger partial charge in [0, 0.05) is 31.9 Å². The fourth-order valence-electron chi connectivity index (χ4n) is 3.94. The second-order valence-electron chi connectivity index (χ2n) is 6.85. The highest BCUT2D eigenvalue weighted by atomic mass is 16.2. The number of nitrogens with zero attached hydrogens (tertiary/aromatic N) is 4. The first-order valence-corrected chi connectivity index (χ1v) is 8.87. The Hall–Kier alpha value is -2.14. The number of benzene rings is 1. The number of aromatic nitrogens is 2. The van der Waals surface area contributed by atoms with Crippen molar-refractivity contribution in [3.05, 3.63) is 47.8 Å². The van der Waals surface area contributed by atoms with Crippen molar-refractivity contribution in [1.82, 2.24) is 19.6 Å². The van der Waals surface area contributed by atoms with E-state index >= 15 is 0 Å². The lowest BCUT2D eigenvalue weighted by molar-refractivity contribution is 0.0742. The van der Waals surface area contributed by atoms with E-state index in [-0.39, 0.29) is 5.91 Å². The highest BCUT2D eigenvalue weighted by Crippen LogP contribution is 2.23. The van der Waals surface area contributed by atoms with E-state index in [0.717, 1.165) is 43.0 Å². The molecular weight excluding hydrogens is 300 g/mol. The molecule has 0 unspecified atom stereocenters. The molecule has 0 aliphatic carbocycles. The minimum absolute atomic E-state index is 0.128. The second-order valence-corrected chi connectivity index (χ2v) is 6.85. The zero-order valence-electron chi connectivity index (χ0n) is 14.2. The van der Waals surface area contributed by atoms with Gasteiger partial charge in [0.05, 0.1) is 16.9 Å². The Balaban J connectivity index is 1.57. The first kappa shape index (κ1) is 15.4. The molecule has 0 radical (unpaired) electrons. The number of carbonyl (C=O) groups is 1. The Morgan fingerprint density at radius 2 is 1.92 bits per heavy atom. The SMILES string of the molecule is Cc1nn(-c2ccccc2)cc1C(=O)N1CCCN2CCC[C@H]2C1. The van der Waals surface area contributed by atoms with Gasteiger partial charge in [-0.3, -0.25) is 9.69 Å². The summed E-state index contributed by atoms with van der Waals surface area (Å²) < 4.78 is 1.81. The molecule has 1 aromatic heterocycles. The maximum Gasteiger partial charge on any atom is 0.257 e. The fourth-order valence-corrected chi connectivity index (χ4v) is 3.94. The average Bonchev–Trinajstić information content (AvgIpc) is 3.16. The maximum atomic E-state index is 13.1. The summed E-state index contributed by atoms with van der Waals surface area (Å²) in [4.78, 5) is 17.6. The van der Waals surface area contributed by atoms with Crippen LogP contribution in [0, 0.1) is 6.92 Å². The van der Waals surface area contributed by atoms with E-state index in [2.05, 4.69) is 10.00 Å². The summed E-state index contributed by atoms with van der Waals surface area (Å²) in [6, 6.07) is 10.5. The number of carbonyl (C=O) groups excluding carboxylic acids is 1. The number of aryl methyl sites for hydroxylation is 1. The number of fused-ring (bicyclic) bond motifs is 1. The quantitative estimate of drug-likeness (QED) is 0.852. The normalized spacial score (nSPS) is 21.5. The van der Waals surface area contributed by atoms with E-state index in [1.807, 2.05) is 53.0 Å². The van der Waals surface area contributed by atoms with Crippen LogP contribution < -0.4 is 0 Å². The first-order valence-electron chi connectivity index (χ1n) is 8.87. The van der Waals surface area contributed by atoms with Crippen molar-refractivity contribution in [2.45, 2.75) is 32.2 Å². The van der Waals surface area contributed by atoms with Crippen LogP contribution in [0.4, 0.5) is 0 Å². The maximum absolute atomic E-state index is 13.1. The summed E-state index contributed by atoms with van der Waals surface area (Å²) in [7, 11) is 0. The van der Waals surface area contributed by atoms with Crippen LogP contribution in [-0.2, 0) is 0 Å². The molecule has 24 heavy (non-hydrogen) atoms.